The van der Waals surface area contributed by atoms with Gasteiger partial charge in [-0.15, -0.1) is 0 Å². The Balaban J connectivity index is 2.31. The fourth-order valence-electron chi connectivity index (χ4n) is 2.83. The lowest BCUT2D eigenvalue weighted by Crippen LogP contribution is -2.33. The highest BCUT2D eigenvalue weighted by Gasteiger charge is 2.26. The number of hydrogen-bond donors (Lipinski definition) is 1. The molecule has 0 aliphatic carbocycles. The van der Waals surface area contributed by atoms with Gasteiger partial charge in [0, 0.05) is 13.1 Å². The van der Waals surface area contributed by atoms with Gasteiger partial charge in [-0.2, -0.15) is 5.26 Å². The summed E-state index contributed by atoms with van der Waals surface area (Å²) < 4.78 is 6.24. The summed E-state index contributed by atoms with van der Waals surface area (Å²) in [7, 11) is -1.72. The second-order valence-corrected chi connectivity index (χ2v) is 12.7. The van der Waals surface area contributed by atoms with Crippen molar-refractivity contribution < 1.29 is 14.3 Å². The summed E-state index contributed by atoms with van der Waals surface area (Å²) in [5, 5.41) is 18.7. The van der Waals surface area contributed by atoms with Crippen LogP contribution in [-0.2, 0) is 17.6 Å². The number of carbonyl (C=O) groups is 1. The Kier molecular flexibility index (Phi) is 7.60. The van der Waals surface area contributed by atoms with Crippen LogP contribution in [0.1, 0.15) is 37.5 Å². The molecule has 0 unspecified atom stereocenters. The zero-order valence-electron chi connectivity index (χ0n) is 17.9. The summed E-state index contributed by atoms with van der Waals surface area (Å²) >= 11 is 0. The summed E-state index contributed by atoms with van der Waals surface area (Å²) in [4.78, 5) is 12.7. The zero-order chi connectivity index (χ0) is 21.6. The molecule has 5 nitrogen and oxygen atoms in total. The van der Waals surface area contributed by atoms with E-state index < -0.39 is 14.4 Å². The first-order valence-electron chi connectivity index (χ1n) is 9.91. The molecule has 0 aliphatic rings. The monoisotopic (exact) mass is 410 g/mol. The van der Waals surface area contributed by atoms with E-state index in [9.17, 15) is 15.2 Å². The molecule has 0 bridgehead atoms. The second kappa shape index (κ2) is 9.73. The van der Waals surface area contributed by atoms with E-state index in [1.807, 2.05) is 30.3 Å². The summed E-state index contributed by atoms with van der Waals surface area (Å²) in [6.07, 6.45) is -0.965. The molecule has 0 saturated carbocycles. The Morgan fingerprint density at radius 3 is 2.45 bits per heavy atom. The van der Waals surface area contributed by atoms with Crippen molar-refractivity contribution in [2.45, 2.75) is 52.6 Å². The van der Waals surface area contributed by atoms with E-state index in [0.29, 0.717) is 24.3 Å². The highest BCUT2D eigenvalue weighted by Crippen LogP contribution is 2.26. The van der Waals surface area contributed by atoms with Crippen LogP contribution in [0.15, 0.2) is 42.5 Å². The molecule has 0 aliphatic heterocycles. The smallest absolute Gasteiger partial charge is 0.407 e. The molecule has 0 radical (unpaired) electrons. The van der Waals surface area contributed by atoms with E-state index >= 15 is 0 Å². The third kappa shape index (κ3) is 6.18. The highest BCUT2D eigenvalue weighted by atomic mass is 28.4. The van der Waals surface area contributed by atoms with Crippen molar-refractivity contribution in [3.8, 4) is 17.2 Å². The maximum atomic E-state index is 11.3. The molecule has 0 saturated heterocycles. The SMILES string of the molecule is CCN(Cc1cc(C#N)cc(-c2cccc(CO[Si](C)(C)C(C)C)c2)c1)C(=O)O. The standard InChI is InChI=1S/C23H30N2O3Si/c1-6-25(23(26)27)15-20-10-19(14-24)12-22(13-20)21-9-7-8-18(11-21)16-28-29(4,5)17(2)3/h7-13,17H,6,15-16H2,1-5H3,(H,26,27). The van der Waals surface area contributed by atoms with Gasteiger partial charge in [0.15, 0.2) is 8.32 Å². The van der Waals surface area contributed by atoms with Gasteiger partial charge in [-0.05, 0) is 72.1 Å². The molecule has 0 fully saturated rings. The van der Waals surface area contributed by atoms with Crippen molar-refractivity contribution in [1.82, 2.24) is 4.90 Å². The quantitative estimate of drug-likeness (QED) is 0.553. The Bertz CT molecular complexity index is 903. The van der Waals surface area contributed by atoms with Crippen LogP contribution < -0.4 is 0 Å². The maximum absolute atomic E-state index is 11.3. The molecule has 0 atom stereocenters. The number of hydrogen-bond acceptors (Lipinski definition) is 3. The van der Waals surface area contributed by atoms with Gasteiger partial charge in [-0.25, -0.2) is 4.79 Å². The lowest BCUT2D eigenvalue weighted by molar-refractivity contribution is 0.145. The molecule has 0 heterocycles. The number of carboxylic acid groups (broad SMARTS) is 1. The van der Waals surface area contributed by atoms with Crippen LogP contribution in [0.25, 0.3) is 11.1 Å². The number of nitriles is 1. The predicted molar refractivity (Wildman–Crippen MR) is 118 cm³/mol. The van der Waals surface area contributed by atoms with Crippen LogP contribution in [0.4, 0.5) is 4.79 Å². The second-order valence-electron chi connectivity index (χ2n) is 8.07. The molecule has 2 aromatic rings. The predicted octanol–water partition coefficient (Wildman–Crippen LogP) is 5.86. The molecular weight excluding hydrogens is 380 g/mol. The lowest BCUT2D eigenvalue weighted by Gasteiger charge is -2.27. The van der Waals surface area contributed by atoms with Crippen LogP contribution in [0.2, 0.25) is 18.6 Å². The Hall–Kier alpha value is -2.62. The minimum atomic E-state index is -1.72. The van der Waals surface area contributed by atoms with Gasteiger partial charge in [0.05, 0.1) is 18.2 Å². The molecule has 0 spiro atoms. The Morgan fingerprint density at radius 2 is 1.86 bits per heavy atom. The van der Waals surface area contributed by atoms with Crippen molar-refractivity contribution in [2.24, 2.45) is 0 Å². The van der Waals surface area contributed by atoms with E-state index in [4.69, 9.17) is 4.43 Å². The van der Waals surface area contributed by atoms with Crippen molar-refractivity contribution in [3.05, 3.63) is 59.2 Å². The number of benzene rings is 2. The van der Waals surface area contributed by atoms with Crippen molar-refractivity contribution in [1.29, 1.82) is 5.26 Å². The summed E-state index contributed by atoms with van der Waals surface area (Å²) in [6, 6.07) is 15.9. The third-order valence-corrected chi connectivity index (χ3v) is 9.08. The zero-order valence-corrected chi connectivity index (χ0v) is 18.9. The summed E-state index contributed by atoms with van der Waals surface area (Å²) in [5.74, 6) is 0. The van der Waals surface area contributed by atoms with Crippen LogP contribution in [0, 0.1) is 11.3 Å². The van der Waals surface area contributed by atoms with Crippen LogP contribution >= 0.6 is 0 Å². The fourth-order valence-corrected chi connectivity index (χ4v) is 3.70. The molecule has 6 heteroatoms. The van der Waals surface area contributed by atoms with Gasteiger partial charge in [-0.3, -0.25) is 0 Å². The Morgan fingerprint density at radius 1 is 1.17 bits per heavy atom. The van der Waals surface area contributed by atoms with Crippen LogP contribution in [-0.4, -0.2) is 31.0 Å². The average Bonchev–Trinajstić information content (AvgIpc) is 2.70. The van der Waals surface area contributed by atoms with E-state index in [-0.39, 0.29) is 6.54 Å². The van der Waals surface area contributed by atoms with E-state index in [0.717, 1.165) is 22.3 Å². The van der Waals surface area contributed by atoms with Crippen LogP contribution in [0.5, 0.6) is 0 Å². The molecule has 29 heavy (non-hydrogen) atoms. The lowest BCUT2D eigenvalue weighted by atomic mass is 9.98. The van der Waals surface area contributed by atoms with Gasteiger partial charge in [-0.1, -0.05) is 32.0 Å². The first-order chi connectivity index (χ1) is 13.7. The van der Waals surface area contributed by atoms with Gasteiger partial charge < -0.3 is 14.4 Å². The van der Waals surface area contributed by atoms with Crippen molar-refractivity contribution in [2.75, 3.05) is 6.54 Å². The van der Waals surface area contributed by atoms with Gasteiger partial charge in [0.2, 0.25) is 0 Å². The molecule has 1 amide bonds. The molecule has 1 N–H and O–H groups in total. The van der Waals surface area contributed by atoms with Gasteiger partial charge >= 0.3 is 6.09 Å². The van der Waals surface area contributed by atoms with E-state index in [2.05, 4.69) is 39.1 Å². The molecule has 0 aromatic heterocycles. The number of nitrogens with zero attached hydrogens (tertiary/aromatic N) is 2. The highest BCUT2D eigenvalue weighted by molar-refractivity contribution is 6.72. The molecule has 2 aromatic carbocycles. The third-order valence-electron chi connectivity index (χ3n) is 5.41. The van der Waals surface area contributed by atoms with Gasteiger partial charge in [0.25, 0.3) is 0 Å². The van der Waals surface area contributed by atoms with Crippen molar-refractivity contribution in [3.63, 3.8) is 0 Å². The van der Waals surface area contributed by atoms with Crippen LogP contribution in [0.3, 0.4) is 0 Å². The minimum Gasteiger partial charge on any atom is -0.465 e. The fraction of sp³-hybridized carbons (Fsp3) is 0.391. The first kappa shape index (κ1) is 22.7. The average molecular weight is 411 g/mol. The van der Waals surface area contributed by atoms with E-state index in [1.165, 1.54) is 4.90 Å². The molecule has 154 valence electrons. The molecule has 2 rings (SSSR count). The largest absolute Gasteiger partial charge is 0.465 e. The number of rotatable bonds is 8. The summed E-state index contributed by atoms with van der Waals surface area (Å²) in [5.41, 5.74) is 4.85. The summed E-state index contributed by atoms with van der Waals surface area (Å²) in [6.45, 7) is 11.9. The topological polar surface area (TPSA) is 73.6 Å². The Labute approximate surface area is 174 Å². The van der Waals surface area contributed by atoms with E-state index in [1.54, 1.807) is 13.0 Å². The molecular formula is C23H30N2O3Si. The maximum Gasteiger partial charge on any atom is 0.407 e. The number of amides is 1. The van der Waals surface area contributed by atoms with Gasteiger partial charge in [0.1, 0.15) is 0 Å². The minimum absolute atomic E-state index is 0.255. The first-order valence-corrected chi connectivity index (χ1v) is 12.9. The van der Waals surface area contributed by atoms with Crippen molar-refractivity contribution >= 4 is 14.4 Å². The normalized spacial score (nSPS) is 11.3.